The number of anilines is 1. The van der Waals surface area contributed by atoms with Crippen molar-refractivity contribution >= 4 is 23.2 Å². The van der Waals surface area contributed by atoms with Crippen LogP contribution < -0.4 is 10.1 Å². The van der Waals surface area contributed by atoms with Gasteiger partial charge in [-0.3, -0.25) is 9.48 Å². The molecule has 4 aromatic rings. The van der Waals surface area contributed by atoms with Gasteiger partial charge in [-0.2, -0.15) is 5.10 Å². The van der Waals surface area contributed by atoms with Gasteiger partial charge >= 0.3 is 0 Å². The number of aryl methyl sites for hydroxylation is 2. The third-order valence-corrected chi connectivity index (χ3v) is 5.31. The highest BCUT2D eigenvalue weighted by Gasteiger charge is 2.09. The van der Waals surface area contributed by atoms with Gasteiger partial charge in [0.25, 0.3) is 5.91 Å². The molecule has 3 aromatic carbocycles. The molecule has 1 amide bonds. The molecule has 0 bridgehead atoms. The van der Waals surface area contributed by atoms with Crippen molar-refractivity contribution in [3.8, 4) is 5.75 Å². The number of aromatic nitrogens is 2. The van der Waals surface area contributed by atoms with Crippen LogP contribution in [0, 0.1) is 13.8 Å². The van der Waals surface area contributed by atoms with Crippen LogP contribution in [-0.2, 0) is 13.2 Å². The Labute approximate surface area is 192 Å². The van der Waals surface area contributed by atoms with Gasteiger partial charge in [0, 0.05) is 16.8 Å². The van der Waals surface area contributed by atoms with Crippen LogP contribution in [0.25, 0.3) is 0 Å². The number of carbonyl (C=O) groups is 1. The van der Waals surface area contributed by atoms with E-state index in [0.717, 1.165) is 22.4 Å². The molecule has 4 rings (SSSR count). The van der Waals surface area contributed by atoms with Gasteiger partial charge in [-0.25, -0.2) is 0 Å². The second-order valence-electron chi connectivity index (χ2n) is 7.77. The second kappa shape index (κ2) is 9.71. The minimum atomic E-state index is -0.190. The molecular formula is C26H24ClN3O2. The van der Waals surface area contributed by atoms with E-state index in [1.165, 1.54) is 5.56 Å². The van der Waals surface area contributed by atoms with Crippen LogP contribution in [-0.4, -0.2) is 15.7 Å². The molecule has 0 saturated carbocycles. The fourth-order valence-electron chi connectivity index (χ4n) is 3.42. The van der Waals surface area contributed by atoms with Gasteiger partial charge in [-0.05, 0) is 60.9 Å². The van der Waals surface area contributed by atoms with Crippen molar-refractivity contribution in [3.05, 3.63) is 112 Å². The summed E-state index contributed by atoms with van der Waals surface area (Å²) in [4.78, 5) is 12.7. The summed E-state index contributed by atoms with van der Waals surface area (Å²) >= 11 is 5.93. The summed E-state index contributed by atoms with van der Waals surface area (Å²) in [6.45, 7) is 5.07. The summed E-state index contributed by atoms with van der Waals surface area (Å²) in [5.74, 6) is 0.656. The van der Waals surface area contributed by atoms with Crippen molar-refractivity contribution in [1.82, 2.24) is 9.78 Å². The predicted octanol–water partition coefficient (Wildman–Crippen LogP) is 6.03. The summed E-state index contributed by atoms with van der Waals surface area (Å²) in [7, 11) is 0. The minimum absolute atomic E-state index is 0.190. The average Bonchev–Trinajstić information content (AvgIpc) is 3.21. The molecule has 162 valence electrons. The van der Waals surface area contributed by atoms with E-state index in [-0.39, 0.29) is 5.91 Å². The molecule has 5 nitrogen and oxygen atoms in total. The van der Waals surface area contributed by atoms with Crippen LogP contribution in [0.3, 0.4) is 0 Å². The smallest absolute Gasteiger partial charge is 0.255 e. The van der Waals surface area contributed by atoms with E-state index in [2.05, 4.69) is 23.4 Å². The van der Waals surface area contributed by atoms with Crippen LogP contribution in [0.5, 0.6) is 5.75 Å². The van der Waals surface area contributed by atoms with E-state index in [4.69, 9.17) is 16.3 Å². The lowest BCUT2D eigenvalue weighted by Gasteiger charge is -2.11. The van der Waals surface area contributed by atoms with Crippen molar-refractivity contribution in [1.29, 1.82) is 0 Å². The summed E-state index contributed by atoms with van der Waals surface area (Å²) in [5.41, 5.74) is 5.50. The zero-order valence-electron chi connectivity index (χ0n) is 18.0. The van der Waals surface area contributed by atoms with Gasteiger partial charge in [0.1, 0.15) is 12.4 Å². The van der Waals surface area contributed by atoms with Crippen molar-refractivity contribution in [2.24, 2.45) is 0 Å². The van der Waals surface area contributed by atoms with Crippen LogP contribution in [0.1, 0.15) is 32.6 Å². The number of carbonyl (C=O) groups excluding carboxylic acids is 1. The molecule has 0 aliphatic carbocycles. The molecule has 0 atom stereocenters. The maximum atomic E-state index is 12.7. The summed E-state index contributed by atoms with van der Waals surface area (Å²) in [6.07, 6.45) is 3.45. The zero-order chi connectivity index (χ0) is 22.5. The van der Waals surface area contributed by atoms with E-state index >= 15 is 0 Å². The first-order chi connectivity index (χ1) is 15.5. The minimum Gasteiger partial charge on any atom is -0.489 e. The topological polar surface area (TPSA) is 56.1 Å². The molecule has 0 spiro atoms. The normalized spacial score (nSPS) is 10.7. The van der Waals surface area contributed by atoms with E-state index in [1.807, 2.05) is 61.5 Å². The first kappa shape index (κ1) is 21.7. The lowest BCUT2D eigenvalue weighted by molar-refractivity contribution is 0.102. The molecule has 0 radical (unpaired) electrons. The highest BCUT2D eigenvalue weighted by Crippen LogP contribution is 2.20. The number of benzene rings is 3. The SMILES string of the molecule is Cc1ccc(OCc2cccc(C(=O)Nc3cnn(Cc4ccc(Cl)cc4)c3)c2)c(C)c1. The lowest BCUT2D eigenvalue weighted by Crippen LogP contribution is -2.12. The summed E-state index contributed by atoms with van der Waals surface area (Å²) < 4.78 is 7.72. The largest absolute Gasteiger partial charge is 0.489 e. The van der Waals surface area contributed by atoms with Gasteiger partial charge in [-0.1, -0.05) is 53.6 Å². The molecule has 0 aliphatic heterocycles. The Morgan fingerprint density at radius 2 is 1.84 bits per heavy atom. The Morgan fingerprint density at radius 3 is 2.62 bits per heavy atom. The Balaban J connectivity index is 1.37. The van der Waals surface area contributed by atoms with Gasteiger partial charge in [0.05, 0.1) is 18.4 Å². The fraction of sp³-hybridized carbons (Fsp3) is 0.154. The summed E-state index contributed by atoms with van der Waals surface area (Å²) in [5, 5.41) is 7.93. The van der Waals surface area contributed by atoms with Crippen LogP contribution in [0.15, 0.2) is 79.1 Å². The van der Waals surface area contributed by atoms with E-state index < -0.39 is 0 Å². The molecule has 1 heterocycles. The Bertz CT molecular complexity index is 1230. The molecule has 6 heteroatoms. The first-order valence-electron chi connectivity index (χ1n) is 10.3. The van der Waals surface area contributed by atoms with E-state index in [9.17, 15) is 4.79 Å². The average molecular weight is 446 g/mol. The number of halogens is 1. The number of rotatable bonds is 7. The number of ether oxygens (including phenoxy) is 1. The Morgan fingerprint density at radius 1 is 1.03 bits per heavy atom. The van der Waals surface area contributed by atoms with Gasteiger partial charge in [0.2, 0.25) is 0 Å². The number of hydrogen-bond donors (Lipinski definition) is 1. The monoisotopic (exact) mass is 445 g/mol. The van der Waals surface area contributed by atoms with Crippen LogP contribution in [0.4, 0.5) is 5.69 Å². The highest BCUT2D eigenvalue weighted by atomic mass is 35.5. The standard InChI is InChI=1S/C26H24ClN3O2/c1-18-6-11-25(19(2)12-18)32-17-21-4-3-5-22(13-21)26(31)29-24-14-28-30(16-24)15-20-7-9-23(27)10-8-20/h3-14,16H,15,17H2,1-2H3,(H,29,31). The molecular weight excluding hydrogens is 422 g/mol. The molecule has 0 aliphatic rings. The molecule has 0 unspecified atom stereocenters. The third kappa shape index (κ3) is 5.56. The molecule has 32 heavy (non-hydrogen) atoms. The Kier molecular flexibility index (Phi) is 6.57. The second-order valence-corrected chi connectivity index (χ2v) is 8.20. The van der Waals surface area contributed by atoms with Crippen molar-refractivity contribution < 1.29 is 9.53 Å². The predicted molar refractivity (Wildman–Crippen MR) is 127 cm³/mol. The first-order valence-corrected chi connectivity index (χ1v) is 10.7. The molecule has 1 N–H and O–H groups in total. The third-order valence-electron chi connectivity index (χ3n) is 5.06. The van der Waals surface area contributed by atoms with E-state index in [1.54, 1.807) is 23.1 Å². The molecule has 0 saturated heterocycles. The van der Waals surface area contributed by atoms with Crippen LogP contribution in [0.2, 0.25) is 5.02 Å². The van der Waals surface area contributed by atoms with Gasteiger partial charge in [-0.15, -0.1) is 0 Å². The fourth-order valence-corrected chi connectivity index (χ4v) is 3.55. The van der Waals surface area contributed by atoms with Crippen molar-refractivity contribution in [2.75, 3.05) is 5.32 Å². The number of nitrogens with zero attached hydrogens (tertiary/aromatic N) is 2. The van der Waals surface area contributed by atoms with Gasteiger partial charge < -0.3 is 10.1 Å². The quantitative estimate of drug-likeness (QED) is 0.377. The number of amides is 1. The van der Waals surface area contributed by atoms with Crippen LogP contribution >= 0.6 is 11.6 Å². The van der Waals surface area contributed by atoms with E-state index in [0.29, 0.717) is 29.4 Å². The lowest BCUT2D eigenvalue weighted by atomic mass is 10.1. The zero-order valence-corrected chi connectivity index (χ0v) is 18.8. The maximum Gasteiger partial charge on any atom is 0.255 e. The van der Waals surface area contributed by atoms with Crippen molar-refractivity contribution in [2.45, 2.75) is 27.0 Å². The number of hydrogen-bond acceptors (Lipinski definition) is 3. The highest BCUT2D eigenvalue weighted by molar-refractivity contribution is 6.30. The summed E-state index contributed by atoms with van der Waals surface area (Å²) in [6, 6.07) is 21.1. The maximum absolute atomic E-state index is 12.7. The van der Waals surface area contributed by atoms with Gasteiger partial charge in [0.15, 0.2) is 0 Å². The van der Waals surface area contributed by atoms with Crippen molar-refractivity contribution in [3.63, 3.8) is 0 Å². The molecule has 0 fully saturated rings. The molecule has 1 aromatic heterocycles. The number of nitrogens with one attached hydrogen (secondary N) is 1. The Hall–Kier alpha value is -3.57.